The third kappa shape index (κ3) is 5.23. The maximum absolute atomic E-state index is 12.9. The lowest BCUT2D eigenvalue weighted by molar-refractivity contribution is 0.0345. The van der Waals surface area contributed by atoms with Crippen LogP contribution in [0.4, 0.5) is 0 Å². The summed E-state index contributed by atoms with van der Waals surface area (Å²) in [5, 5.41) is 0. The molecule has 0 amide bonds. The van der Waals surface area contributed by atoms with E-state index in [1.165, 1.54) is 31.2 Å². The molecule has 3 rings (SSSR count). The summed E-state index contributed by atoms with van der Waals surface area (Å²) in [4.78, 5) is 13.8. The smallest absolute Gasteiger partial charge is 0.241 e. The Kier molecular flexibility index (Phi) is 6.38. The van der Waals surface area contributed by atoms with Gasteiger partial charge in [0.2, 0.25) is 10.0 Å². The van der Waals surface area contributed by atoms with Crippen LogP contribution in [0.3, 0.4) is 0 Å². The molecule has 1 fully saturated rings. The monoisotopic (exact) mass is 388 g/mol. The highest BCUT2D eigenvalue weighted by molar-refractivity contribution is 7.89. The van der Waals surface area contributed by atoms with Crippen LogP contribution in [0.1, 0.15) is 28.9 Å². The highest BCUT2D eigenvalue weighted by atomic mass is 32.2. The van der Waals surface area contributed by atoms with Gasteiger partial charge in [-0.25, -0.2) is 13.1 Å². The molecule has 1 N–H and O–H groups in total. The molecule has 1 atom stereocenters. The summed E-state index contributed by atoms with van der Waals surface area (Å²) < 4.78 is 34.0. The average Bonchev–Trinajstić information content (AvgIpc) is 2.69. The molecule has 0 bridgehead atoms. The number of hydrogen-bond donors (Lipinski definition) is 1. The van der Waals surface area contributed by atoms with E-state index >= 15 is 0 Å². The zero-order chi connectivity index (χ0) is 19.3. The molecule has 1 heterocycles. The predicted molar refractivity (Wildman–Crippen MR) is 103 cm³/mol. The zero-order valence-electron chi connectivity index (χ0n) is 15.3. The zero-order valence-corrected chi connectivity index (χ0v) is 16.1. The number of sulfonamides is 1. The fourth-order valence-corrected chi connectivity index (χ4v) is 4.28. The number of benzene rings is 2. The van der Waals surface area contributed by atoms with Crippen LogP contribution in [0, 0.1) is 0 Å². The van der Waals surface area contributed by atoms with Crippen LogP contribution in [-0.2, 0) is 14.8 Å². The van der Waals surface area contributed by atoms with E-state index in [9.17, 15) is 13.2 Å². The number of rotatable bonds is 7. The van der Waals surface area contributed by atoms with Crippen molar-refractivity contribution < 1.29 is 17.9 Å². The van der Waals surface area contributed by atoms with E-state index in [0.717, 1.165) is 18.7 Å². The number of ketones is 1. The van der Waals surface area contributed by atoms with Gasteiger partial charge in [0.15, 0.2) is 5.78 Å². The summed E-state index contributed by atoms with van der Waals surface area (Å²) in [5.74, 6) is -0.0959. The number of morpholine rings is 1. The molecule has 0 aliphatic carbocycles. The summed E-state index contributed by atoms with van der Waals surface area (Å²) >= 11 is 0. The van der Waals surface area contributed by atoms with Crippen molar-refractivity contribution in [2.45, 2.75) is 17.9 Å². The van der Waals surface area contributed by atoms with E-state index in [0.29, 0.717) is 25.3 Å². The third-order valence-corrected chi connectivity index (χ3v) is 6.10. The Morgan fingerprint density at radius 1 is 1.07 bits per heavy atom. The fourth-order valence-electron chi connectivity index (χ4n) is 3.06. The van der Waals surface area contributed by atoms with Crippen molar-refractivity contribution in [3.8, 4) is 0 Å². The topological polar surface area (TPSA) is 75.7 Å². The molecule has 144 valence electrons. The lowest BCUT2D eigenvalue weighted by Gasteiger charge is -2.31. The van der Waals surface area contributed by atoms with Gasteiger partial charge >= 0.3 is 0 Å². The van der Waals surface area contributed by atoms with E-state index in [2.05, 4.69) is 9.62 Å². The van der Waals surface area contributed by atoms with E-state index in [4.69, 9.17) is 4.74 Å². The minimum absolute atomic E-state index is 0.0959. The van der Waals surface area contributed by atoms with E-state index in [1.54, 1.807) is 0 Å². The Labute approximate surface area is 160 Å². The van der Waals surface area contributed by atoms with Crippen LogP contribution in [0.25, 0.3) is 0 Å². The van der Waals surface area contributed by atoms with Crippen molar-refractivity contribution in [2.24, 2.45) is 0 Å². The standard InChI is InChI=1S/C20H24N2O4S/c1-16(23)17-7-9-19(10-8-17)27(24,25)21-20(18-5-3-2-4-6-18)15-22-11-13-26-14-12-22/h2-10,20-21H,11-15H2,1H3/t20-/m1/s1. The Morgan fingerprint density at radius 2 is 1.70 bits per heavy atom. The largest absolute Gasteiger partial charge is 0.379 e. The molecule has 1 aliphatic rings. The van der Waals surface area contributed by atoms with Crippen LogP contribution in [0.15, 0.2) is 59.5 Å². The SMILES string of the molecule is CC(=O)c1ccc(S(=O)(=O)N[C@H](CN2CCOCC2)c2ccccc2)cc1. The van der Waals surface area contributed by atoms with Crippen molar-refractivity contribution in [1.82, 2.24) is 9.62 Å². The van der Waals surface area contributed by atoms with Gasteiger partial charge in [0, 0.05) is 25.2 Å². The molecule has 0 radical (unpaired) electrons. The van der Waals surface area contributed by atoms with Crippen LogP contribution in [0.2, 0.25) is 0 Å². The molecule has 0 spiro atoms. The van der Waals surface area contributed by atoms with Crippen LogP contribution < -0.4 is 4.72 Å². The van der Waals surface area contributed by atoms with Gasteiger partial charge in [0.1, 0.15) is 0 Å². The molecule has 1 aliphatic heterocycles. The van der Waals surface area contributed by atoms with Gasteiger partial charge in [-0.05, 0) is 24.6 Å². The van der Waals surface area contributed by atoms with Crippen molar-refractivity contribution in [3.63, 3.8) is 0 Å². The predicted octanol–water partition coefficient (Wildman–Crippen LogP) is 2.24. The van der Waals surface area contributed by atoms with Crippen molar-refractivity contribution in [1.29, 1.82) is 0 Å². The maximum atomic E-state index is 12.9. The number of ether oxygens (including phenoxy) is 1. The quantitative estimate of drug-likeness (QED) is 0.736. The highest BCUT2D eigenvalue weighted by Gasteiger charge is 2.24. The fraction of sp³-hybridized carbons (Fsp3) is 0.350. The second-order valence-electron chi connectivity index (χ2n) is 6.58. The second-order valence-corrected chi connectivity index (χ2v) is 8.29. The van der Waals surface area contributed by atoms with Gasteiger partial charge in [0.05, 0.1) is 24.2 Å². The molecule has 6 nitrogen and oxygen atoms in total. The summed E-state index contributed by atoms with van der Waals surface area (Å²) in [7, 11) is -3.72. The van der Waals surface area contributed by atoms with Crippen LogP contribution in [0.5, 0.6) is 0 Å². The number of hydrogen-bond acceptors (Lipinski definition) is 5. The maximum Gasteiger partial charge on any atom is 0.241 e. The van der Waals surface area contributed by atoms with E-state index in [1.807, 2.05) is 30.3 Å². The van der Waals surface area contributed by atoms with Gasteiger partial charge in [-0.2, -0.15) is 0 Å². The van der Waals surface area contributed by atoms with E-state index in [-0.39, 0.29) is 16.7 Å². The first-order chi connectivity index (χ1) is 13.0. The molecule has 1 saturated heterocycles. The van der Waals surface area contributed by atoms with Gasteiger partial charge in [-0.1, -0.05) is 42.5 Å². The van der Waals surface area contributed by atoms with Gasteiger partial charge in [-0.15, -0.1) is 0 Å². The molecule has 2 aromatic carbocycles. The number of carbonyl (C=O) groups is 1. The Bertz CT molecular complexity index is 861. The lowest BCUT2D eigenvalue weighted by atomic mass is 10.1. The van der Waals surface area contributed by atoms with Crippen molar-refractivity contribution >= 4 is 15.8 Å². The summed E-state index contributed by atoms with van der Waals surface area (Å²) in [6.07, 6.45) is 0. The lowest BCUT2D eigenvalue weighted by Crippen LogP contribution is -2.43. The summed E-state index contributed by atoms with van der Waals surface area (Å²) in [6.45, 7) is 4.88. The molecule has 2 aromatic rings. The van der Waals surface area contributed by atoms with Crippen LogP contribution >= 0.6 is 0 Å². The molecular weight excluding hydrogens is 364 g/mol. The van der Waals surface area contributed by atoms with Gasteiger partial charge < -0.3 is 4.74 Å². The number of nitrogens with zero attached hydrogens (tertiary/aromatic N) is 1. The van der Waals surface area contributed by atoms with Gasteiger partial charge in [0.25, 0.3) is 0 Å². The summed E-state index contributed by atoms with van der Waals surface area (Å²) in [5.41, 5.74) is 1.40. The first-order valence-electron chi connectivity index (χ1n) is 8.94. The molecular formula is C20H24N2O4S. The Hall–Kier alpha value is -2.06. The molecule has 0 saturated carbocycles. The summed E-state index contributed by atoms with van der Waals surface area (Å²) in [6, 6.07) is 15.2. The van der Waals surface area contributed by atoms with Gasteiger partial charge in [-0.3, -0.25) is 9.69 Å². The van der Waals surface area contributed by atoms with Crippen molar-refractivity contribution in [3.05, 3.63) is 65.7 Å². The molecule has 0 unspecified atom stereocenters. The average molecular weight is 388 g/mol. The first-order valence-corrected chi connectivity index (χ1v) is 10.4. The normalized spacial score (nSPS) is 16.8. The molecule has 27 heavy (non-hydrogen) atoms. The minimum Gasteiger partial charge on any atom is -0.379 e. The third-order valence-electron chi connectivity index (χ3n) is 4.61. The highest BCUT2D eigenvalue weighted by Crippen LogP contribution is 2.20. The first kappa shape index (κ1) is 19.7. The number of nitrogens with one attached hydrogen (secondary N) is 1. The minimum atomic E-state index is -3.72. The number of Topliss-reactive ketones (excluding diaryl/α,β-unsaturated/α-hetero) is 1. The Morgan fingerprint density at radius 3 is 2.30 bits per heavy atom. The van der Waals surface area contributed by atoms with Crippen LogP contribution in [-0.4, -0.2) is 51.9 Å². The second kappa shape index (κ2) is 8.75. The molecule has 0 aromatic heterocycles. The van der Waals surface area contributed by atoms with E-state index < -0.39 is 10.0 Å². The Balaban J connectivity index is 1.82. The molecule has 7 heteroatoms. The van der Waals surface area contributed by atoms with Crippen molar-refractivity contribution in [2.75, 3.05) is 32.8 Å². The number of carbonyl (C=O) groups excluding carboxylic acids is 1.